The summed E-state index contributed by atoms with van der Waals surface area (Å²) in [6.07, 6.45) is 4.53. The monoisotopic (exact) mass is 293 g/mol. The van der Waals surface area contributed by atoms with Gasteiger partial charge in [-0.15, -0.1) is 0 Å². The lowest BCUT2D eigenvalue weighted by Gasteiger charge is -1.97. The predicted molar refractivity (Wildman–Crippen MR) is 74.6 cm³/mol. The van der Waals surface area contributed by atoms with Gasteiger partial charge < -0.3 is 25.7 Å². The van der Waals surface area contributed by atoms with Crippen LogP contribution < -0.4 is 5.32 Å². The van der Waals surface area contributed by atoms with Gasteiger partial charge in [0.05, 0.1) is 13.2 Å². The van der Waals surface area contributed by atoms with Gasteiger partial charge in [-0.05, 0) is 12.8 Å². The third-order valence-electron chi connectivity index (χ3n) is 2.36. The topological polar surface area (TPSA) is 127 Å². The predicted octanol–water partition coefficient (Wildman–Crippen LogP) is 0.447. The van der Waals surface area contributed by atoms with Crippen LogP contribution in [0.2, 0.25) is 0 Å². The number of carbonyl (C=O) groups is 2. The molecule has 0 aromatic heterocycles. The smallest absolute Gasteiger partial charge is 0.303 e. The van der Waals surface area contributed by atoms with Gasteiger partial charge in [-0.1, -0.05) is 19.3 Å². The van der Waals surface area contributed by atoms with Crippen LogP contribution in [0.15, 0.2) is 0 Å². The molecule has 7 heteroatoms. The van der Waals surface area contributed by atoms with E-state index in [-0.39, 0.29) is 26.1 Å². The molecule has 7 nitrogen and oxygen atoms in total. The third-order valence-corrected chi connectivity index (χ3v) is 2.36. The quantitative estimate of drug-likeness (QED) is 0.330. The van der Waals surface area contributed by atoms with Crippen LogP contribution in [0.3, 0.4) is 0 Å². The molecule has 0 heterocycles. The van der Waals surface area contributed by atoms with E-state index in [4.69, 9.17) is 20.4 Å². The van der Waals surface area contributed by atoms with Crippen LogP contribution in [-0.4, -0.2) is 58.7 Å². The van der Waals surface area contributed by atoms with Crippen molar-refractivity contribution in [3.8, 4) is 0 Å². The van der Waals surface area contributed by atoms with Gasteiger partial charge in [-0.25, -0.2) is 0 Å². The average molecular weight is 293 g/mol. The summed E-state index contributed by atoms with van der Waals surface area (Å²) in [4.78, 5) is 20.2. The van der Waals surface area contributed by atoms with Crippen LogP contribution in [0.1, 0.15) is 44.9 Å². The number of carboxylic acids is 2. The summed E-state index contributed by atoms with van der Waals surface area (Å²) in [7, 11) is 0. The highest BCUT2D eigenvalue weighted by Gasteiger charge is 1.98. The molecular weight excluding hydrogens is 266 g/mol. The van der Waals surface area contributed by atoms with Gasteiger partial charge in [0.1, 0.15) is 0 Å². The first-order valence-corrected chi connectivity index (χ1v) is 6.90. The maximum Gasteiger partial charge on any atom is 0.303 e. The Hall–Kier alpha value is -1.18. The summed E-state index contributed by atoms with van der Waals surface area (Å²) in [5.41, 5.74) is 0. The summed E-state index contributed by atoms with van der Waals surface area (Å²) in [5, 5.41) is 35.7. The summed E-state index contributed by atoms with van der Waals surface area (Å²) in [6, 6.07) is 0. The van der Waals surface area contributed by atoms with E-state index in [1.807, 2.05) is 0 Å². The molecule has 0 unspecified atom stereocenters. The van der Waals surface area contributed by atoms with Crippen molar-refractivity contribution < 1.29 is 30.0 Å². The third kappa shape index (κ3) is 25.6. The Morgan fingerprint density at radius 2 is 1.05 bits per heavy atom. The zero-order valence-electron chi connectivity index (χ0n) is 11.9. The minimum Gasteiger partial charge on any atom is -0.481 e. The lowest BCUT2D eigenvalue weighted by molar-refractivity contribution is -0.138. The fourth-order valence-electron chi connectivity index (χ4n) is 1.37. The molecule has 0 rings (SSSR count). The van der Waals surface area contributed by atoms with Gasteiger partial charge in [0.15, 0.2) is 0 Å². The van der Waals surface area contributed by atoms with Crippen molar-refractivity contribution in [2.75, 3.05) is 26.3 Å². The highest BCUT2D eigenvalue weighted by Crippen LogP contribution is 2.06. The normalized spacial score (nSPS) is 9.70. The zero-order chi connectivity index (χ0) is 15.6. The Morgan fingerprint density at radius 3 is 1.35 bits per heavy atom. The Labute approximate surface area is 119 Å². The van der Waals surface area contributed by atoms with Gasteiger partial charge in [0.25, 0.3) is 0 Å². The van der Waals surface area contributed by atoms with E-state index in [1.54, 1.807) is 0 Å². The molecule has 5 N–H and O–H groups in total. The molecule has 0 aromatic carbocycles. The summed E-state index contributed by atoms with van der Waals surface area (Å²) in [6.45, 7) is 1.42. The first kappa shape index (κ1) is 21.1. The van der Waals surface area contributed by atoms with Crippen LogP contribution in [0, 0.1) is 0 Å². The number of hydrogen-bond donors (Lipinski definition) is 5. The van der Waals surface area contributed by atoms with Crippen LogP contribution in [0.25, 0.3) is 0 Å². The Morgan fingerprint density at radius 1 is 0.700 bits per heavy atom. The second-order valence-electron chi connectivity index (χ2n) is 4.25. The first-order chi connectivity index (χ1) is 9.54. The van der Waals surface area contributed by atoms with Gasteiger partial charge in [-0.2, -0.15) is 0 Å². The number of rotatable bonds is 12. The largest absolute Gasteiger partial charge is 0.481 e. The van der Waals surface area contributed by atoms with Gasteiger partial charge in [-0.3, -0.25) is 9.59 Å². The molecule has 0 fully saturated rings. The van der Waals surface area contributed by atoms with E-state index in [9.17, 15) is 9.59 Å². The first-order valence-electron chi connectivity index (χ1n) is 6.90. The zero-order valence-corrected chi connectivity index (χ0v) is 11.9. The van der Waals surface area contributed by atoms with Crippen molar-refractivity contribution in [3.63, 3.8) is 0 Å². The van der Waals surface area contributed by atoms with Crippen molar-refractivity contribution in [3.05, 3.63) is 0 Å². The molecule has 0 spiro atoms. The number of carboxylic acid groups (broad SMARTS) is 2. The second kappa shape index (κ2) is 17.8. The van der Waals surface area contributed by atoms with Crippen molar-refractivity contribution >= 4 is 11.9 Å². The number of nitrogens with one attached hydrogen (secondary N) is 1. The van der Waals surface area contributed by atoms with E-state index in [1.165, 1.54) is 0 Å². The Bertz CT molecular complexity index is 213. The van der Waals surface area contributed by atoms with Crippen molar-refractivity contribution in [1.29, 1.82) is 0 Å². The summed E-state index contributed by atoms with van der Waals surface area (Å²) < 4.78 is 0. The van der Waals surface area contributed by atoms with E-state index < -0.39 is 11.9 Å². The standard InChI is InChI=1S/C9H16O4.C4H11NO2/c10-8(11)6-4-2-1-3-5-7-9(12)13;6-3-1-5-2-4-7/h1-7H2,(H,10,11)(H,12,13);5-7H,1-4H2. The van der Waals surface area contributed by atoms with E-state index in [2.05, 4.69) is 5.32 Å². The van der Waals surface area contributed by atoms with Crippen LogP contribution in [-0.2, 0) is 9.59 Å². The van der Waals surface area contributed by atoms with Gasteiger partial charge in [0, 0.05) is 25.9 Å². The molecule has 0 bridgehead atoms. The lowest BCUT2D eigenvalue weighted by atomic mass is 10.1. The van der Waals surface area contributed by atoms with Gasteiger partial charge in [0.2, 0.25) is 0 Å². The van der Waals surface area contributed by atoms with Crippen molar-refractivity contribution in [2.24, 2.45) is 0 Å². The number of hydrogen-bond acceptors (Lipinski definition) is 5. The maximum absolute atomic E-state index is 10.1. The summed E-state index contributed by atoms with van der Waals surface area (Å²) in [5.74, 6) is -1.52. The lowest BCUT2D eigenvalue weighted by Crippen LogP contribution is -2.21. The van der Waals surface area contributed by atoms with Crippen LogP contribution >= 0.6 is 0 Å². The summed E-state index contributed by atoms with van der Waals surface area (Å²) >= 11 is 0. The van der Waals surface area contributed by atoms with Gasteiger partial charge >= 0.3 is 11.9 Å². The number of aliphatic hydroxyl groups is 2. The molecule has 0 radical (unpaired) electrons. The van der Waals surface area contributed by atoms with Crippen molar-refractivity contribution in [1.82, 2.24) is 5.32 Å². The molecule has 0 aromatic rings. The number of unbranched alkanes of at least 4 members (excludes halogenated alkanes) is 4. The molecule has 120 valence electrons. The fraction of sp³-hybridized carbons (Fsp3) is 0.846. The van der Waals surface area contributed by atoms with Crippen LogP contribution in [0.5, 0.6) is 0 Å². The molecule has 0 amide bonds. The van der Waals surface area contributed by atoms with E-state index in [0.29, 0.717) is 25.9 Å². The Balaban J connectivity index is 0. The fourth-order valence-corrected chi connectivity index (χ4v) is 1.37. The highest BCUT2D eigenvalue weighted by molar-refractivity contribution is 5.66. The SMILES string of the molecule is O=C(O)CCCCCCCC(=O)O.OCCNCCO. The molecule has 0 saturated carbocycles. The average Bonchev–Trinajstić information content (AvgIpc) is 2.38. The van der Waals surface area contributed by atoms with Crippen LogP contribution in [0.4, 0.5) is 0 Å². The minimum absolute atomic E-state index is 0.139. The van der Waals surface area contributed by atoms with E-state index >= 15 is 0 Å². The highest BCUT2D eigenvalue weighted by atomic mass is 16.4. The minimum atomic E-state index is -0.759. The molecule has 20 heavy (non-hydrogen) atoms. The molecule has 0 atom stereocenters. The molecule has 0 saturated heterocycles. The number of aliphatic carboxylic acids is 2. The Kier molecular flexibility index (Phi) is 18.8. The molecule has 0 aliphatic carbocycles. The molecule has 0 aliphatic rings. The molecular formula is C13H27NO6. The maximum atomic E-state index is 10.1. The van der Waals surface area contributed by atoms with Crippen molar-refractivity contribution in [2.45, 2.75) is 44.9 Å². The van der Waals surface area contributed by atoms with E-state index in [0.717, 1.165) is 19.3 Å². The second-order valence-corrected chi connectivity index (χ2v) is 4.25. The molecule has 0 aliphatic heterocycles. The number of aliphatic hydroxyl groups excluding tert-OH is 2.